The molecule has 4 heteroatoms. The number of carbonyl (C=O) groups excluding carboxylic acids is 1. The Bertz CT molecular complexity index is 1010. The fourth-order valence-electron chi connectivity index (χ4n) is 2.94. The average Bonchev–Trinajstić information content (AvgIpc) is 3.07. The second-order valence-corrected chi connectivity index (χ2v) is 7.26. The number of hydrogen-bond acceptors (Lipinski definition) is 2. The van der Waals surface area contributed by atoms with Gasteiger partial charge in [0.1, 0.15) is 0 Å². The van der Waals surface area contributed by atoms with Gasteiger partial charge in [-0.2, -0.15) is 0 Å². The van der Waals surface area contributed by atoms with E-state index in [9.17, 15) is 4.79 Å². The van der Waals surface area contributed by atoms with Crippen LogP contribution in [0.15, 0.2) is 42.5 Å². The molecule has 0 amide bonds. The van der Waals surface area contributed by atoms with Crippen LogP contribution < -0.4 is 0 Å². The van der Waals surface area contributed by atoms with Crippen molar-refractivity contribution in [2.75, 3.05) is 7.11 Å². The number of aryl methyl sites for hydroxylation is 1. The van der Waals surface area contributed by atoms with Crippen molar-refractivity contribution in [2.24, 2.45) is 7.05 Å². The summed E-state index contributed by atoms with van der Waals surface area (Å²) in [6, 6.07) is 14.6. The third-order valence-corrected chi connectivity index (χ3v) is 6.36. The molecule has 0 saturated carbocycles. The summed E-state index contributed by atoms with van der Waals surface area (Å²) < 4.78 is 9.17. The maximum absolute atomic E-state index is 11.8. The van der Waals surface area contributed by atoms with Crippen LogP contribution in [-0.2, 0) is 11.8 Å². The molecule has 2 aromatic heterocycles. The number of rotatable bonds is 1. The number of methoxy groups -OCH3 is 1. The summed E-state index contributed by atoms with van der Waals surface area (Å²) in [5.41, 5.74) is 2.44. The predicted octanol–water partition coefficient (Wildman–Crippen LogP) is 3.33. The van der Waals surface area contributed by atoms with Gasteiger partial charge in [-0.05, 0) is 0 Å². The van der Waals surface area contributed by atoms with Crippen molar-refractivity contribution < 1.29 is 9.53 Å². The van der Waals surface area contributed by atoms with Crippen LogP contribution in [0.25, 0.3) is 31.5 Å². The zero-order valence-corrected chi connectivity index (χ0v) is 13.4. The Kier molecular flexibility index (Phi) is 2.71. The van der Waals surface area contributed by atoms with Crippen molar-refractivity contribution in [3.05, 3.63) is 46.9 Å². The number of esters is 1. The van der Waals surface area contributed by atoms with Crippen molar-refractivity contribution in [3.63, 3.8) is 0 Å². The molecule has 0 bridgehead atoms. The van der Waals surface area contributed by atoms with Gasteiger partial charge in [0.05, 0.1) is 0 Å². The van der Waals surface area contributed by atoms with Gasteiger partial charge in [-0.3, -0.25) is 0 Å². The molecule has 0 aliphatic rings. The van der Waals surface area contributed by atoms with E-state index in [2.05, 4.69) is 48.0 Å². The Morgan fingerprint density at radius 1 is 1.14 bits per heavy atom. The molecule has 4 rings (SSSR count). The first-order chi connectivity index (χ1) is 10.2. The molecule has 0 radical (unpaired) electrons. The minimum atomic E-state index is -0.209. The van der Waals surface area contributed by atoms with Gasteiger partial charge < -0.3 is 0 Å². The Hall–Kier alpha value is -2.03. The zero-order chi connectivity index (χ0) is 14.6. The van der Waals surface area contributed by atoms with Gasteiger partial charge >= 0.3 is 127 Å². The molecular weight excluding hydrogens is 329 g/mol. The van der Waals surface area contributed by atoms with Crippen molar-refractivity contribution in [3.8, 4) is 0 Å². The fraction of sp³-hybridized carbons (Fsp3) is 0.118. The monoisotopic (exact) mass is 343 g/mol. The van der Waals surface area contributed by atoms with Crippen LogP contribution in [0.1, 0.15) is 9.23 Å². The van der Waals surface area contributed by atoms with E-state index in [1.54, 1.807) is 0 Å². The number of hydrogen-bond donors (Lipinski definition) is 0. The van der Waals surface area contributed by atoms with Crippen LogP contribution in [0.5, 0.6) is 0 Å². The van der Waals surface area contributed by atoms with E-state index in [0.29, 0.717) is 0 Å². The van der Waals surface area contributed by atoms with Crippen molar-refractivity contribution >= 4 is 51.9 Å². The van der Waals surface area contributed by atoms with E-state index in [-0.39, 0.29) is 20.5 Å². The number of nitrogens with zero attached hydrogens (tertiary/aromatic N) is 1. The first-order valence-corrected chi connectivity index (χ1v) is 8.40. The first-order valence-electron chi connectivity index (χ1n) is 6.68. The van der Waals surface area contributed by atoms with Gasteiger partial charge in [0.2, 0.25) is 0 Å². The number of benzene rings is 2. The molecule has 104 valence electrons. The molecule has 0 unspecified atom stereocenters. The molecule has 0 atom stereocenters. The molecule has 0 N–H and O–H groups in total. The van der Waals surface area contributed by atoms with E-state index >= 15 is 0 Å². The standard InChI is InChI=1S/C17H13NO2Se/c1-18-12-6-4-3-5-11(12)15-13(18)8-7-10-9-14(17(19)20-2)21-16(10)15/h3-9H,1-2H3. The topological polar surface area (TPSA) is 31.2 Å². The summed E-state index contributed by atoms with van der Waals surface area (Å²) >= 11 is 0.00601. The quantitative estimate of drug-likeness (QED) is 0.392. The van der Waals surface area contributed by atoms with Crippen molar-refractivity contribution in [1.29, 1.82) is 0 Å². The van der Waals surface area contributed by atoms with Crippen LogP contribution in [0.3, 0.4) is 0 Å². The summed E-state index contributed by atoms with van der Waals surface area (Å²) in [6.07, 6.45) is 0. The van der Waals surface area contributed by atoms with E-state index < -0.39 is 0 Å². The SMILES string of the molecule is COC(=O)c1cc2ccc3c(c4ccccc4n3C)c2[se]1. The van der Waals surface area contributed by atoms with Gasteiger partial charge in [0.25, 0.3) is 0 Å². The number of para-hydroxylation sites is 1. The second-order valence-electron chi connectivity index (χ2n) is 5.06. The van der Waals surface area contributed by atoms with Crippen molar-refractivity contribution in [1.82, 2.24) is 4.57 Å². The van der Waals surface area contributed by atoms with Crippen LogP contribution in [0, 0.1) is 0 Å². The summed E-state index contributed by atoms with van der Waals surface area (Å²) in [4.78, 5) is 11.8. The molecule has 0 fully saturated rings. The van der Waals surface area contributed by atoms with E-state index in [0.717, 1.165) is 9.82 Å². The zero-order valence-electron chi connectivity index (χ0n) is 11.7. The fourth-order valence-corrected chi connectivity index (χ4v) is 5.32. The van der Waals surface area contributed by atoms with Gasteiger partial charge in [-0.1, -0.05) is 0 Å². The number of aromatic nitrogens is 1. The van der Waals surface area contributed by atoms with Gasteiger partial charge in [-0.15, -0.1) is 0 Å². The number of carbonyl (C=O) groups is 1. The van der Waals surface area contributed by atoms with Crippen LogP contribution in [-0.4, -0.2) is 32.1 Å². The Morgan fingerprint density at radius 2 is 1.95 bits per heavy atom. The second kappa shape index (κ2) is 4.48. The number of ether oxygens (including phenoxy) is 1. The Labute approximate surface area is 127 Å². The Balaban J connectivity index is 2.20. The van der Waals surface area contributed by atoms with Gasteiger partial charge in [0.15, 0.2) is 0 Å². The molecule has 0 saturated heterocycles. The molecule has 2 heterocycles. The molecule has 21 heavy (non-hydrogen) atoms. The third-order valence-electron chi connectivity index (χ3n) is 3.95. The Morgan fingerprint density at radius 3 is 2.76 bits per heavy atom. The molecule has 0 aliphatic heterocycles. The minimum absolute atomic E-state index is 0.00601. The van der Waals surface area contributed by atoms with Gasteiger partial charge in [-0.25, -0.2) is 0 Å². The van der Waals surface area contributed by atoms with Crippen molar-refractivity contribution in [2.45, 2.75) is 0 Å². The third kappa shape index (κ3) is 1.70. The van der Waals surface area contributed by atoms with Crippen LogP contribution in [0.4, 0.5) is 0 Å². The number of fused-ring (bicyclic) bond motifs is 5. The molecule has 0 aliphatic carbocycles. The van der Waals surface area contributed by atoms with E-state index in [1.807, 2.05) is 6.07 Å². The summed E-state index contributed by atoms with van der Waals surface area (Å²) in [5.74, 6) is -0.209. The first kappa shape index (κ1) is 12.7. The molecular formula is C17H13NO2Se. The molecule has 2 aromatic carbocycles. The van der Waals surface area contributed by atoms with Crippen LogP contribution in [0.2, 0.25) is 0 Å². The van der Waals surface area contributed by atoms with Gasteiger partial charge in [0, 0.05) is 0 Å². The predicted molar refractivity (Wildman–Crippen MR) is 86.2 cm³/mol. The summed E-state index contributed by atoms with van der Waals surface area (Å²) in [7, 11) is 3.53. The normalized spacial score (nSPS) is 11.5. The van der Waals surface area contributed by atoms with E-state index in [1.165, 1.54) is 33.2 Å². The maximum atomic E-state index is 11.8. The molecule has 3 nitrogen and oxygen atoms in total. The summed E-state index contributed by atoms with van der Waals surface area (Å²) in [5, 5.41) is 3.69. The van der Waals surface area contributed by atoms with Crippen LogP contribution >= 0.6 is 0 Å². The average molecular weight is 342 g/mol. The van der Waals surface area contributed by atoms with E-state index in [4.69, 9.17) is 4.74 Å². The molecule has 4 aromatic rings. The molecule has 0 spiro atoms. The summed E-state index contributed by atoms with van der Waals surface area (Å²) in [6.45, 7) is 0.